The lowest BCUT2D eigenvalue weighted by atomic mass is 10.0. The molecule has 2 aliphatic rings. The van der Waals surface area contributed by atoms with Gasteiger partial charge in [0.1, 0.15) is 11.3 Å². The number of hydrogen-bond acceptors (Lipinski definition) is 9. The van der Waals surface area contributed by atoms with Gasteiger partial charge >= 0.3 is 23.9 Å². The minimum atomic E-state index is -1.26. The molecule has 4 heterocycles. The number of pyridine rings is 1. The van der Waals surface area contributed by atoms with E-state index in [2.05, 4.69) is 83.3 Å². The zero-order valence-corrected chi connectivity index (χ0v) is 30.8. The molecule has 6 rings (SSSR count). The van der Waals surface area contributed by atoms with Gasteiger partial charge < -0.3 is 40.5 Å². The quantitative estimate of drug-likeness (QED) is 0.0826. The van der Waals surface area contributed by atoms with Gasteiger partial charge in [-0.1, -0.05) is 31.2 Å². The highest BCUT2D eigenvalue weighted by Gasteiger charge is 2.17. The van der Waals surface area contributed by atoms with Crippen LogP contribution in [-0.2, 0) is 51.5 Å². The number of aliphatic carboxylic acids is 4. The molecule has 0 bridgehead atoms. The Kier molecular flexibility index (Phi) is 15.0. The minimum absolute atomic E-state index is 0.558. The Labute approximate surface area is 313 Å². The first-order chi connectivity index (χ1) is 25.8. The lowest BCUT2D eigenvalue weighted by Crippen LogP contribution is -2.29. The Morgan fingerprint density at radius 2 is 1.31 bits per heavy atom. The number of hydrogen-bond donors (Lipinski definition) is 6. The van der Waals surface area contributed by atoms with Gasteiger partial charge in [0, 0.05) is 67.4 Å². The molecule has 0 unspecified atom stereocenters. The van der Waals surface area contributed by atoms with Crippen molar-refractivity contribution in [3.63, 3.8) is 0 Å². The molecule has 2 aromatic carbocycles. The molecule has 2 aliphatic heterocycles. The van der Waals surface area contributed by atoms with Gasteiger partial charge in [-0.25, -0.2) is 29.1 Å². The lowest BCUT2D eigenvalue weighted by Gasteiger charge is -2.15. The third-order valence-corrected chi connectivity index (χ3v) is 8.90. The van der Waals surface area contributed by atoms with E-state index in [0.29, 0.717) is 24.3 Å². The fourth-order valence-corrected chi connectivity index (χ4v) is 6.40. The third kappa shape index (κ3) is 12.4. The van der Waals surface area contributed by atoms with Crippen molar-refractivity contribution in [2.45, 2.75) is 66.0 Å². The first-order valence-corrected chi connectivity index (χ1v) is 17.9. The van der Waals surface area contributed by atoms with E-state index >= 15 is 0 Å². The molecule has 2 aromatic heterocycles. The van der Waals surface area contributed by atoms with Gasteiger partial charge in [-0.3, -0.25) is 0 Å². The summed E-state index contributed by atoms with van der Waals surface area (Å²) >= 11 is 0. The summed E-state index contributed by atoms with van der Waals surface area (Å²) in [6.45, 7) is 12.9. The fraction of sp³-hybridized carbons (Fsp3) is 0.350. The molecular weight excluding hydrogens is 692 g/mol. The maximum Gasteiger partial charge on any atom is 0.328 e. The number of anilines is 2. The molecule has 0 atom stereocenters. The smallest absolute Gasteiger partial charge is 0.328 e. The van der Waals surface area contributed by atoms with Gasteiger partial charge in [0.25, 0.3) is 0 Å². The van der Waals surface area contributed by atoms with Crippen LogP contribution in [0.5, 0.6) is 0 Å². The topological polar surface area (TPSA) is 207 Å². The molecule has 1 saturated heterocycles. The number of imidazole rings is 1. The fourth-order valence-electron chi connectivity index (χ4n) is 6.40. The molecule has 0 aliphatic carbocycles. The zero-order valence-electron chi connectivity index (χ0n) is 30.8. The predicted molar refractivity (Wildman–Crippen MR) is 205 cm³/mol. The molecule has 0 spiro atoms. The van der Waals surface area contributed by atoms with Gasteiger partial charge in [-0.05, 0) is 98.6 Å². The number of aryl methyl sites for hydroxylation is 5. The Hall–Kier alpha value is -5.86. The van der Waals surface area contributed by atoms with Crippen LogP contribution >= 0.6 is 0 Å². The summed E-state index contributed by atoms with van der Waals surface area (Å²) in [5.41, 5.74) is 12.2. The number of carbonyl (C=O) groups is 4. The second-order valence-corrected chi connectivity index (χ2v) is 13.1. The van der Waals surface area contributed by atoms with Crippen LogP contribution in [0.2, 0.25) is 0 Å². The highest BCUT2D eigenvalue weighted by atomic mass is 16.4. The second-order valence-electron chi connectivity index (χ2n) is 13.1. The Balaban J connectivity index is 0.000000341. The van der Waals surface area contributed by atoms with E-state index in [-0.39, 0.29) is 0 Å². The van der Waals surface area contributed by atoms with Crippen molar-refractivity contribution in [3.8, 4) is 0 Å². The molecule has 6 N–H and O–H groups in total. The number of benzene rings is 2. The van der Waals surface area contributed by atoms with Crippen LogP contribution in [-0.4, -0.2) is 89.9 Å². The Morgan fingerprint density at radius 3 is 1.85 bits per heavy atom. The average Bonchev–Trinajstić information content (AvgIpc) is 3.73. The van der Waals surface area contributed by atoms with Gasteiger partial charge in [0.05, 0.1) is 6.54 Å². The summed E-state index contributed by atoms with van der Waals surface area (Å²) in [6.07, 6.45) is 7.93. The summed E-state index contributed by atoms with van der Waals surface area (Å²) in [4.78, 5) is 50.6. The van der Waals surface area contributed by atoms with Crippen LogP contribution in [0, 0.1) is 13.8 Å². The number of fused-ring (bicyclic) bond motifs is 3. The average molecular weight is 741 g/mol. The molecule has 1 fully saturated rings. The number of carboxylic acid groups (broad SMARTS) is 4. The number of rotatable bonds is 12. The summed E-state index contributed by atoms with van der Waals surface area (Å²) in [7, 11) is 0. The molecule has 286 valence electrons. The molecule has 0 radical (unpaired) electrons. The lowest BCUT2D eigenvalue weighted by molar-refractivity contribution is -0.134. The molecule has 14 heteroatoms. The third-order valence-electron chi connectivity index (χ3n) is 8.90. The normalized spacial score (nSPS) is 13.6. The van der Waals surface area contributed by atoms with Gasteiger partial charge in [-0.15, -0.1) is 0 Å². The number of carboxylic acids is 4. The number of nitrogens with one attached hydrogen (secondary N) is 2. The standard InChI is InChI=1S/C32H40N6.2C4H4O4/c1-4-30-36-31-22(2)17-23(3)34-32(31)38(30)21-25-8-12-29-27(19-25)10-9-26-18-24(7-11-28(26)35-29)20-33-13-16-37-14-5-6-15-37;2*5-3(6)1-2-4(7)8/h7-8,11-12,17-19,33,35H,4-6,9-10,13-16,20-21H2,1-3H3;2*1-2H,(H,5,6)(H,7,8). The van der Waals surface area contributed by atoms with Crippen molar-refractivity contribution in [3.05, 3.63) is 106 Å². The van der Waals surface area contributed by atoms with E-state index in [1.54, 1.807) is 0 Å². The highest BCUT2D eigenvalue weighted by Crippen LogP contribution is 2.32. The largest absolute Gasteiger partial charge is 0.478 e. The van der Waals surface area contributed by atoms with Crippen LogP contribution in [0.3, 0.4) is 0 Å². The van der Waals surface area contributed by atoms with Crippen molar-refractivity contribution in [1.29, 1.82) is 0 Å². The Morgan fingerprint density at radius 1 is 0.778 bits per heavy atom. The highest BCUT2D eigenvalue weighted by molar-refractivity contribution is 5.90. The summed E-state index contributed by atoms with van der Waals surface area (Å²) < 4.78 is 2.30. The second kappa shape index (κ2) is 19.8. The van der Waals surface area contributed by atoms with Gasteiger partial charge in [0.15, 0.2) is 5.65 Å². The SMILES string of the molecule is CCc1nc2c(C)cc(C)nc2n1Cc1ccc2c(c1)CCc1cc(CNCCN3CCCC3)ccc1N2.O=C(O)C=CC(=O)O.O=C(O)C=CC(=O)O. The van der Waals surface area contributed by atoms with E-state index in [9.17, 15) is 19.2 Å². The van der Waals surface area contributed by atoms with Crippen molar-refractivity contribution in [1.82, 2.24) is 24.8 Å². The predicted octanol–water partition coefficient (Wildman–Crippen LogP) is 5.11. The summed E-state index contributed by atoms with van der Waals surface area (Å²) in [5, 5.41) is 38.6. The molecule has 4 aromatic rings. The van der Waals surface area contributed by atoms with Gasteiger partial charge in [-0.2, -0.15) is 0 Å². The summed E-state index contributed by atoms with van der Waals surface area (Å²) in [5.74, 6) is -3.93. The maximum absolute atomic E-state index is 9.55. The van der Waals surface area contributed by atoms with Crippen molar-refractivity contribution < 1.29 is 39.6 Å². The first kappa shape index (κ1) is 40.9. The maximum atomic E-state index is 9.55. The van der Waals surface area contributed by atoms with Crippen molar-refractivity contribution in [2.75, 3.05) is 31.5 Å². The number of nitrogens with zero attached hydrogens (tertiary/aromatic N) is 4. The van der Waals surface area contributed by atoms with Crippen molar-refractivity contribution >= 4 is 46.4 Å². The van der Waals surface area contributed by atoms with E-state index in [4.69, 9.17) is 30.4 Å². The van der Waals surface area contributed by atoms with Crippen molar-refractivity contribution in [2.24, 2.45) is 0 Å². The van der Waals surface area contributed by atoms with Crippen LogP contribution in [0.15, 0.2) is 66.8 Å². The van der Waals surface area contributed by atoms with Crippen LogP contribution in [0.25, 0.3) is 11.2 Å². The molecule has 54 heavy (non-hydrogen) atoms. The monoisotopic (exact) mass is 740 g/mol. The zero-order chi connectivity index (χ0) is 39.2. The van der Waals surface area contributed by atoms with Crippen LogP contribution in [0.1, 0.15) is 59.1 Å². The number of aromatic nitrogens is 3. The van der Waals surface area contributed by atoms with E-state index in [1.165, 1.54) is 65.1 Å². The van der Waals surface area contributed by atoms with E-state index < -0.39 is 23.9 Å². The molecular formula is C40H48N6O8. The first-order valence-electron chi connectivity index (χ1n) is 17.9. The van der Waals surface area contributed by atoms with E-state index in [1.807, 2.05) is 0 Å². The van der Waals surface area contributed by atoms with E-state index in [0.717, 1.165) is 68.1 Å². The van der Waals surface area contributed by atoms with Crippen LogP contribution < -0.4 is 10.6 Å². The molecule has 0 saturated carbocycles. The number of likely N-dealkylation sites (tertiary alicyclic amines) is 1. The van der Waals surface area contributed by atoms with Gasteiger partial charge in [0.2, 0.25) is 0 Å². The Bertz CT molecular complexity index is 1960. The molecule has 14 nitrogen and oxygen atoms in total. The minimum Gasteiger partial charge on any atom is -0.478 e. The van der Waals surface area contributed by atoms with Crippen LogP contribution in [0.4, 0.5) is 11.4 Å². The molecule has 0 amide bonds. The summed E-state index contributed by atoms with van der Waals surface area (Å²) in [6, 6.07) is 15.9.